The van der Waals surface area contributed by atoms with Crippen LogP contribution in [0.15, 0.2) is 0 Å². The Labute approximate surface area is 90.2 Å². The fraction of sp³-hybridized carbons (Fsp3) is 0.818. The molecule has 1 saturated heterocycles. The Hall–Kier alpha value is -0.900. The van der Waals surface area contributed by atoms with Crippen LogP contribution in [0.3, 0.4) is 0 Å². The van der Waals surface area contributed by atoms with E-state index in [2.05, 4.69) is 4.90 Å². The lowest BCUT2D eigenvalue weighted by molar-refractivity contribution is -0.150. The van der Waals surface area contributed by atoms with Crippen molar-refractivity contribution in [2.45, 2.75) is 38.1 Å². The molecule has 0 bridgehead atoms. The van der Waals surface area contributed by atoms with Crippen molar-refractivity contribution < 1.29 is 9.59 Å². The molecule has 84 valence electrons. The van der Waals surface area contributed by atoms with Gasteiger partial charge in [-0.15, -0.1) is 0 Å². The molecule has 2 amide bonds. The maximum Gasteiger partial charge on any atom is 0.243 e. The first kappa shape index (κ1) is 10.6. The van der Waals surface area contributed by atoms with Gasteiger partial charge in [-0.3, -0.25) is 19.4 Å². The Morgan fingerprint density at radius 2 is 1.53 bits per heavy atom. The van der Waals surface area contributed by atoms with E-state index < -0.39 is 0 Å². The van der Waals surface area contributed by atoms with Gasteiger partial charge in [-0.05, 0) is 12.8 Å². The van der Waals surface area contributed by atoms with E-state index in [1.54, 1.807) is 7.05 Å². The summed E-state index contributed by atoms with van der Waals surface area (Å²) in [6, 6.07) is 0.459. The van der Waals surface area contributed by atoms with E-state index in [4.69, 9.17) is 0 Å². The van der Waals surface area contributed by atoms with Crippen molar-refractivity contribution in [3.05, 3.63) is 0 Å². The second kappa shape index (κ2) is 4.31. The summed E-state index contributed by atoms with van der Waals surface area (Å²) in [6.45, 7) is 0.847. The lowest BCUT2D eigenvalue weighted by Crippen LogP contribution is -2.55. The third-order valence-corrected chi connectivity index (χ3v) is 3.52. The quantitative estimate of drug-likeness (QED) is 0.596. The number of piperazine rings is 1. The normalized spacial score (nSPS) is 26.1. The zero-order valence-corrected chi connectivity index (χ0v) is 9.24. The lowest BCUT2D eigenvalue weighted by atomic mass is 9.94. The first-order valence-corrected chi connectivity index (χ1v) is 5.72. The number of amides is 2. The molecule has 2 fully saturated rings. The third kappa shape index (κ3) is 2.20. The zero-order valence-electron chi connectivity index (χ0n) is 9.24. The van der Waals surface area contributed by atoms with Gasteiger partial charge in [-0.2, -0.15) is 0 Å². The van der Waals surface area contributed by atoms with E-state index >= 15 is 0 Å². The fourth-order valence-corrected chi connectivity index (χ4v) is 2.46. The molecule has 4 heteroatoms. The van der Waals surface area contributed by atoms with Gasteiger partial charge in [0.15, 0.2) is 0 Å². The van der Waals surface area contributed by atoms with E-state index in [1.807, 2.05) is 0 Å². The van der Waals surface area contributed by atoms with Crippen LogP contribution in [-0.4, -0.2) is 47.8 Å². The molecule has 4 nitrogen and oxygen atoms in total. The molecule has 0 aromatic rings. The van der Waals surface area contributed by atoms with Crippen LogP contribution in [0.1, 0.15) is 32.1 Å². The van der Waals surface area contributed by atoms with E-state index in [0.717, 1.165) is 12.8 Å². The Morgan fingerprint density at radius 1 is 1.00 bits per heavy atom. The Morgan fingerprint density at radius 3 is 2.07 bits per heavy atom. The highest BCUT2D eigenvalue weighted by Gasteiger charge is 2.32. The van der Waals surface area contributed by atoms with Gasteiger partial charge in [-0.25, -0.2) is 0 Å². The van der Waals surface area contributed by atoms with Crippen molar-refractivity contribution in [2.75, 3.05) is 20.1 Å². The van der Waals surface area contributed by atoms with Gasteiger partial charge in [-0.1, -0.05) is 19.3 Å². The van der Waals surface area contributed by atoms with Gasteiger partial charge in [0.25, 0.3) is 0 Å². The number of hydrogen-bond acceptors (Lipinski definition) is 3. The Bertz CT molecular complexity index is 254. The van der Waals surface area contributed by atoms with Gasteiger partial charge in [0, 0.05) is 13.1 Å². The lowest BCUT2D eigenvalue weighted by Gasteiger charge is -2.37. The predicted molar refractivity (Wildman–Crippen MR) is 56.2 cm³/mol. The summed E-state index contributed by atoms with van der Waals surface area (Å²) in [5.41, 5.74) is 0. The highest BCUT2D eigenvalue weighted by molar-refractivity contribution is 5.99. The smallest absolute Gasteiger partial charge is 0.243 e. The predicted octanol–water partition coefficient (Wildman–Crippen LogP) is 0.620. The summed E-state index contributed by atoms with van der Waals surface area (Å²) in [5.74, 6) is -0.117. The fourth-order valence-electron chi connectivity index (χ4n) is 2.46. The SMILES string of the molecule is CN1C(=O)CN(C2CCCCC2)CC1=O. The van der Waals surface area contributed by atoms with E-state index in [-0.39, 0.29) is 11.8 Å². The molecule has 2 aliphatic rings. The summed E-state index contributed by atoms with van der Waals surface area (Å²) in [4.78, 5) is 26.4. The first-order chi connectivity index (χ1) is 7.18. The number of carbonyl (C=O) groups excluding carboxylic acids is 2. The van der Waals surface area contributed by atoms with Crippen LogP contribution in [0.25, 0.3) is 0 Å². The van der Waals surface area contributed by atoms with E-state index in [1.165, 1.54) is 24.2 Å². The Balaban J connectivity index is 1.98. The monoisotopic (exact) mass is 210 g/mol. The molecule has 0 unspecified atom stereocenters. The number of rotatable bonds is 1. The summed E-state index contributed by atoms with van der Waals surface area (Å²) >= 11 is 0. The average molecular weight is 210 g/mol. The number of carbonyl (C=O) groups is 2. The largest absolute Gasteiger partial charge is 0.284 e. The summed E-state index contributed by atoms with van der Waals surface area (Å²) in [6.07, 6.45) is 6.06. The molecule has 0 aromatic heterocycles. The minimum Gasteiger partial charge on any atom is -0.284 e. The number of hydrogen-bond donors (Lipinski definition) is 0. The van der Waals surface area contributed by atoms with Crippen molar-refractivity contribution in [3.63, 3.8) is 0 Å². The van der Waals surface area contributed by atoms with Crippen molar-refractivity contribution in [1.82, 2.24) is 9.80 Å². The molecule has 0 N–H and O–H groups in total. The van der Waals surface area contributed by atoms with Crippen molar-refractivity contribution in [3.8, 4) is 0 Å². The topological polar surface area (TPSA) is 40.6 Å². The molecule has 1 heterocycles. The molecule has 15 heavy (non-hydrogen) atoms. The van der Waals surface area contributed by atoms with Crippen LogP contribution < -0.4 is 0 Å². The highest BCUT2D eigenvalue weighted by Crippen LogP contribution is 2.23. The van der Waals surface area contributed by atoms with Gasteiger partial charge in [0.2, 0.25) is 11.8 Å². The number of nitrogens with zero attached hydrogens (tertiary/aromatic N) is 2. The molecular formula is C11H18N2O2. The van der Waals surface area contributed by atoms with Gasteiger partial charge >= 0.3 is 0 Å². The van der Waals surface area contributed by atoms with Crippen LogP contribution in [-0.2, 0) is 9.59 Å². The minimum absolute atomic E-state index is 0.0585. The van der Waals surface area contributed by atoms with Crippen molar-refractivity contribution in [1.29, 1.82) is 0 Å². The van der Waals surface area contributed by atoms with Crippen LogP contribution >= 0.6 is 0 Å². The molecule has 0 atom stereocenters. The average Bonchev–Trinajstić information content (AvgIpc) is 2.26. The molecule has 2 rings (SSSR count). The van der Waals surface area contributed by atoms with Crippen LogP contribution in [0, 0.1) is 0 Å². The van der Waals surface area contributed by atoms with Crippen LogP contribution in [0.4, 0.5) is 0 Å². The van der Waals surface area contributed by atoms with E-state index in [9.17, 15) is 9.59 Å². The number of imide groups is 1. The molecular weight excluding hydrogens is 192 g/mol. The highest BCUT2D eigenvalue weighted by atomic mass is 16.2. The molecule has 0 aromatic carbocycles. The zero-order chi connectivity index (χ0) is 10.8. The van der Waals surface area contributed by atoms with Crippen molar-refractivity contribution >= 4 is 11.8 Å². The first-order valence-electron chi connectivity index (χ1n) is 5.72. The molecule has 1 saturated carbocycles. The summed E-state index contributed by atoms with van der Waals surface area (Å²) in [7, 11) is 1.57. The molecule has 1 aliphatic carbocycles. The number of likely N-dealkylation sites (N-methyl/N-ethyl adjacent to an activating group) is 1. The third-order valence-electron chi connectivity index (χ3n) is 3.52. The molecule has 0 radical (unpaired) electrons. The Kier molecular flexibility index (Phi) is 3.05. The maximum absolute atomic E-state index is 11.5. The molecule has 0 spiro atoms. The van der Waals surface area contributed by atoms with Crippen LogP contribution in [0.2, 0.25) is 0 Å². The summed E-state index contributed by atoms with van der Waals surface area (Å²) < 4.78 is 0. The standard InChI is InChI=1S/C11H18N2O2/c1-12-10(14)7-13(8-11(12)15)9-5-3-2-4-6-9/h9H,2-8H2,1H3. The second-order valence-electron chi connectivity index (χ2n) is 4.54. The maximum atomic E-state index is 11.5. The van der Waals surface area contributed by atoms with Gasteiger partial charge < -0.3 is 0 Å². The van der Waals surface area contributed by atoms with Crippen molar-refractivity contribution in [2.24, 2.45) is 0 Å². The molecule has 1 aliphatic heterocycles. The van der Waals surface area contributed by atoms with Gasteiger partial charge in [0.05, 0.1) is 13.1 Å². The van der Waals surface area contributed by atoms with Gasteiger partial charge in [0.1, 0.15) is 0 Å². The second-order valence-corrected chi connectivity index (χ2v) is 4.54. The minimum atomic E-state index is -0.0585. The van der Waals surface area contributed by atoms with E-state index in [0.29, 0.717) is 19.1 Å². The van der Waals surface area contributed by atoms with Crippen LogP contribution in [0.5, 0.6) is 0 Å². The summed E-state index contributed by atoms with van der Waals surface area (Å²) in [5, 5.41) is 0.